The number of nitrogens with zero attached hydrogens (tertiary/aromatic N) is 4. The van der Waals surface area contributed by atoms with E-state index in [9.17, 15) is 19.7 Å². The Bertz CT molecular complexity index is 1170. The molecule has 0 aliphatic rings. The van der Waals surface area contributed by atoms with Crippen LogP contribution in [0.3, 0.4) is 0 Å². The first kappa shape index (κ1) is 22.6. The Labute approximate surface area is 184 Å². The number of hydrogen-bond donors (Lipinski definition) is 1. The summed E-state index contributed by atoms with van der Waals surface area (Å²) in [5.74, 6) is -0.567. The van der Waals surface area contributed by atoms with Gasteiger partial charge in [0.2, 0.25) is 0 Å². The van der Waals surface area contributed by atoms with Gasteiger partial charge in [-0.2, -0.15) is 9.78 Å². The Hall–Kier alpha value is -4.08. The number of carbonyl (C=O) groups is 2. The molecule has 1 amide bonds. The largest absolute Gasteiger partial charge is 0.462 e. The zero-order valence-electron chi connectivity index (χ0n) is 18.2. The van der Waals surface area contributed by atoms with Crippen LogP contribution >= 0.6 is 0 Å². The van der Waals surface area contributed by atoms with Crippen molar-refractivity contribution in [3.05, 3.63) is 75.6 Å². The van der Waals surface area contributed by atoms with Gasteiger partial charge in [0.25, 0.3) is 11.6 Å². The maximum absolute atomic E-state index is 13.0. The minimum Gasteiger partial charge on any atom is -0.462 e. The Kier molecular flexibility index (Phi) is 6.33. The number of ether oxygens (including phenoxy) is 1. The minimum atomic E-state index is -0.751. The molecular formula is C22H23N5O5. The van der Waals surface area contributed by atoms with Crippen molar-refractivity contribution in [1.29, 1.82) is 0 Å². The predicted molar refractivity (Wildman–Crippen MR) is 117 cm³/mol. The monoisotopic (exact) mass is 437 g/mol. The van der Waals surface area contributed by atoms with E-state index < -0.39 is 22.5 Å². The molecule has 166 valence electrons. The lowest BCUT2D eigenvalue weighted by Crippen LogP contribution is -2.17. The lowest BCUT2D eigenvalue weighted by atomic mass is 9.92. The fourth-order valence-corrected chi connectivity index (χ4v) is 2.86. The van der Waals surface area contributed by atoms with Crippen LogP contribution in [0.4, 0.5) is 11.5 Å². The van der Waals surface area contributed by atoms with Gasteiger partial charge in [-0.1, -0.05) is 26.8 Å². The van der Waals surface area contributed by atoms with Gasteiger partial charge < -0.3 is 10.1 Å². The van der Waals surface area contributed by atoms with Gasteiger partial charge in [0, 0.05) is 35.4 Å². The number of amides is 1. The maximum Gasteiger partial charge on any atom is 0.338 e. The van der Waals surface area contributed by atoms with E-state index in [0.717, 1.165) is 12.1 Å². The highest BCUT2D eigenvalue weighted by molar-refractivity contribution is 6.06. The van der Waals surface area contributed by atoms with Crippen molar-refractivity contribution in [2.75, 3.05) is 11.9 Å². The lowest BCUT2D eigenvalue weighted by Gasteiger charge is -2.13. The fraction of sp³-hybridized carbons (Fsp3) is 0.273. The third kappa shape index (κ3) is 4.97. The molecule has 0 aliphatic heterocycles. The number of carbonyl (C=O) groups excluding carboxylic acids is 2. The van der Waals surface area contributed by atoms with E-state index in [1.54, 1.807) is 37.4 Å². The van der Waals surface area contributed by atoms with Crippen LogP contribution in [0.25, 0.3) is 5.82 Å². The van der Waals surface area contributed by atoms with E-state index in [4.69, 9.17) is 4.74 Å². The second-order valence-electron chi connectivity index (χ2n) is 7.96. The molecule has 1 aromatic carbocycles. The molecule has 3 aromatic rings. The molecule has 0 saturated heterocycles. The van der Waals surface area contributed by atoms with E-state index in [0.29, 0.717) is 17.3 Å². The number of aromatic nitrogens is 3. The highest BCUT2D eigenvalue weighted by Gasteiger charge is 2.24. The number of nitrogens with one attached hydrogen (secondary N) is 1. The average Bonchev–Trinajstić information content (AvgIpc) is 3.18. The summed E-state index contributed by atoms with van der Waals surface area (Å²) in [6.45, 7) is 7.66. The second kappa shape index (κ2) is 8.96. The topological polar surface area (TPSA) is 129 Å². The van der Waals surface area contributed by atoms with Crippen molar-refractivity contribution in [3.63, 3.8) is 0 Å². The zero-order chi connectivity index (χ0) is 23.5. The molecular weight excluding hydrogens is 414 g/mol. The van der Waals surface area contributed by atoms with Crippen LogP contribution < -0.4 is 5.32 Å². The molecule has 0 fully saturated rings. The molecule has 0 saturated carbocycles. The summed E-state index contributed by atoms with van der Waals surface area (Å²) in [5, 5.41) is 18.6. The summed E-state index contributed by atoms with van der Waals surface area (Å²) >= 11 is 0. The number of pyridine rings is 1. The van der Waals surface area contributed by atoms with Gasteiger partial charge in [-0.25, -0.2) is 9.78 Å². The van der Waals surface area contributed by atoms with Crippen molar-refractivity contribution in [2.45, 2.75) is 33.1 Å². The molecule has 2 aromatic heterocycles. The van der Waals surface area contributed by atoms with Crippen LogP contribution in [0.5, 0.6) is 0 Å². The summed E-state index contributed by atoms with van der Waals surface area (Å²) < 4.78 is 6.41. The summed E-state index contributed by atoms with van der Waals surface area (Å²) in [4.78, 5) is 40.0. The van der Waals surface area contributed by atoms with Crippen LogP contribution in [0, 0.1) is 10.1 Å². The Morgan fingerprint density at radius 3 is 2.47 bits per heavy atom. The van der Waals surface area contributed by atoms with Gasteiger partial charge >= 0.3 is 5.97 Å². The van der Waals surface area contributed by atoms with Crippen molar-refractivity contribution in [1.82, 2.24) is 14.8 Å². The van der Waals surface area contributed by atoms with Gasteiger partial charge in [0.1, 0.15) is 5.82 Å². The van der Waals surface area contributed by atoms with Gasteiger partial charge in [-0.15, -0.1) is 0 Å². The van der Waals surface area contributed by atoms with Gasteiger partial charge in [0.05, 0.1) is 22.8 Å². The molecule has 2 heterocycles. The number of nitro groups is 1. The molecule has 0 aliphatic carbocycles. The Morgan fingerprint density at radius 2 is 1.88 bits per heavy atom. The smallest absolute Gasteiger partial charge is 0.338 e. The molecule has 0 unspecified atom stereocenters. The average molecular weight is 437 g/mol. The van der Waals surface area contributed by atoms with Crippen LogP contribution in [0.15, 0.2) is 48.7 Å². The van der Waals surface area contributed by atoms with E-state index in [-0.39, 0.29) is 23.1 Å². The zero-order valence-corrected chi connectivity index (χ0v) is 18.2. The summed E-state index contributed by atoms with van der Waals surface area (Å²) in [6.07, 6.45) is 1.60. The summed E-state index contributed by atoms with van der Waals surface area (Å²) in [6, 6.07) is 10.4. The molecule has 32 heavy (non-hydrogen) atoms. The lowest BCUT2D eigenvalue weighted by molar-refractivity contribution is -0.384. The van der Waals surface area contributed by atoms with E-state index >= 15 is 0 Å². The summed E-state index contributed by atoms with van der Waals surface area (Å²) in [7, 11) is 0. The van der Waals surface area contributed by atoms with Crippen molar-refractivity contribution in [2.24, 2.45) is 0 Å². The molecule has 0 spiro atoms. The molecule has 0 radical (unpaired) electrons. The SMILES string of the molecule is CCOC(=O)c1cc(C(=O)Nc2cc(C(C)(C)C)nn2-c2ccccn2)cc([N+](=O)[O-])c1. The normalized spacial score (nSPS) is 11.1. The van der Waals surface area contributed by atoms with E-state index in [1.165, 1.54) is 10.7 Å². The van der Waals surface area contributed by atoms with Crippen LogP contribution in [0.2, 0.25) is 0 Å². The number of benzene rings is 1. The number of rotatable bonds is 6. The third-order valence-corrected chi connectivity index (χ3v) is 4.49. The van der Waals surface area contributed by atoms with Gasteiger partial charge in [-0.05, 0) is 25.1 Å². The first-order valence-electron chi connectivity index (χ1n) is 9.90. The highest BCUT2D eigenvalue weighted by Crippen LogP contribution is 2.26. The number of esters is 1. The molecule has 3 rings (SSSR count). The van der Waals surface area contributed by atoms with E-state index in [2.05, 4.69) is 15.4 Å². The highest BCUT2D eigenvalue weighted by atomic mass is 16.6. The first-order valence-corrected chi connectivity index (χ1v) is 9.90. The second-order valence-corrected chi connectivity index (χ2v) is 7.96. The predicted octanol–water partition coefficient (Wildman–Crippen LogP) is 3.90. The van der Waals surface area contributed by atoms with Gasteiger partial charge in [-0.3, -0.25) is 14.9 Å². The van der Waals surface area contributed by atoms with Crippen molar-refractivity contribution < 1.29 is 19.2 Å². The van der Waals surface area contributed by atoms with Gasteiger partial charge in [0.15, 0.2) is 5.82 Å². The van der Waals surface area contributed by atoms with E-state index in [1.807, 2.05) is 20.8 Å². The van der Waals surface area contributed by atoms with Crippen LogP contribution in [-0.4, -0.2) is 38.2 Å². The first-order chi connectivity index (χ1) is 15.1. The molecule has 1 N–H and O–H groups in total. The molecule has 10 nitrogen and oxygen atoms in total. The molecule has 0 bridgehead atoms. The number of hydrogen-bond acceptors (Lipinski definition) is 7. The van der Waals surface area contributed by atoms with Crippen LogP contribution in [-0.2, 0) is 10.2 Å². The van der Waals surface area contributed by atoms with Crippen molar-refractivity contribution >= 4 is 23.4 Å². The minimum absolute atomic E-state index is 0.0617. The number of non-ortho nitro benzene ring substituents is 1. The third-order valence-electron chi connectivity index (χ3n) is 4.49. The van der Waals surface area contributed by atoms with Crippen LogP contribution in [0.1, 0.15) is 54.1 Å². The van der Waals surface area contributed by atoms with Crippen molar-refractivity contribution in [3.8, 4) is 5.82 Å². The standard InChI is InChI=1S/C22H23N5O5/c1-5-32-21(29)15-10-14(11-16(12-15)27(30)31)20(28)24-19-13-17(22(2,3)4)25-26(19)18-8-6-7-9-23-18/h6-13H,5H2,1-4H3,(H,24,28). The Balaban J connectivity index is 2.02. The number of nitro benzene ring substituents is 1. The summed E-state index contributed by atoms with van der Waals surface area (Å²) in [5.41, 5.74) is -0.130. The molecule has 10 heteroatoms. The quantitative estimate of drug-likeness (QED) is 0.352. The fourth-order valence-electron chi connectivity index (χ4n) is 2.86. The maximum atomic E-state index is 13.0. The Morgan fingerprint density at radius 1 is 1.16 bits per heavy atom. The number of anilines is 1. The molecule has 0 atom stereocenters.